The molecule has 1 heterocycles. The van der Waals surface area contributed by atoms with E-state index in [4.69, 9.17) is 0 Å². The van der Waals surface area contributed by atoms with Crippen molar-refractivity contribution >= 4 is 27.7 Å². The van der Waals surface area contributed by atoms with E-state index in [0.29, 0.717) is 0 Å². The summed E-state index contributed by atoms with van der Waals surface area (Å²) in [5.74, 6) is 1.11. The molecule has 1 rings (SSSR count). The minimum absolute atomic E-state index is 1.05. The Bertz CT molecular complexity index is 327. The molecule has 16 heavy (non-hydrogen) atoms. The van der Waals surface area contributed by atoms with Gasteiger partial charge in [0.25, 0.3) is 0 Å². The van der Waals surface area contributed by atoms with E-state index in [0.717, 1.165) is 34.9 Å². The molecule has 0 bridgehead atoms. The van der Waals surface area contributed by atoms with Crippen molar-refractivity contribution in [1.29, 1.82) is 0 Å². The van der Waals surface area contributed by atoms with Gasteiger partial charge < -0.3 is 4.90 Å². The number of pyridine rings is 1. The van der Waals surface area contributed by atoms with Crippen LogP contribution < -0.4 is 0 Å². The predicted molar refractivity (Wildman–Crippen MR) is 75.2 cm³/mol. The summed E-state index contributed by atoms with van der Waals surface area (Å²) in [5.41, 5.74) is 1.25. The molecule has 0 aromatic carbocycles. The largest absolute Gasteiger partial charge is 0.303 e. The van der Waals surface area contributed by atoms with Crippen LogP contribution in [-0.2, 0) is 0 Å². The van der Waals surface area contributed by atoms with Gasteiger partial charge in [0, 0.05) is 23.0 Å². The standard InChI is InChI=1S/C12H19BrN2S/c1-4-15(5-2)6-7-16-12-10(3)8-11(13)9-14-12/h8-9H,4-7H2,1-3H3. The van der Waals surface area contributed by atoms with E-state index >= 15 is 0 Å². The molecule has 1 aromatic heterocycles. The topological polar surface area (TPSA) is 16.1 Å². The number of hydrogen-bond acceptors (Lipinski definition) is 3. The van der Waals surface area contributed by atoms with Crippen LogP contribution in [0, 0.1) is 6.92 Å². The average molecular weight is 303 g/mol. The Balaban J connectivity index is 2.42. The van der Waals surface area contributed by atoms with Gasteiger partial charge in [-0.25, -0.2) is 4.98 Å². The molecule has 2 nitrogen and oxygen atoms in total. The highest BCUT2D eigenvalue weighted by atomic mass is 79.9. The van der Waals surface area contributed by atoms with E-state index in [1.807, 2.05) is 18.0 Å². The summed E-state index contributed by atoms with van der Waals surface area (Å²) < 4.78 is 1.05. The summed E-state index contributed by atoms with van der Waals surface area (Å²) in [6.07, 6.45) is 1.87. The van der Waals surface area contributed by atoms with Crippen molar-refractivity contribution < 1.29 is 0 Å². The number of rotatable bonds is 6. The Morgan fingerprint density at radius 1 is 1.38 bits per heavy atom. The summed E-state index contributed by atoms with van der Waals surface area (Å²) in [6.45, 7) is 9.91. The minimum Gasteiger partial charge on any atom is -0.303 e. The summed E-state index contributed by atoms with van der Waals surface area (Å²) in [4.78, 5) is 6.86. The Kier molecular flexibility index (Phi) is 6.39. The monoisotopic (exact) mass is 302 g/mol. The summed E-state index contributed by atoms with van der Waals surface area (Å²) in [6, 6.07) is 2.12. The fraction of sp³-hybridized carbons (Fsp3) is 0.583. The third kappa shape index (κ3) is 4.44. The first-order valence-corrected chi connectivity index (χ1v) is 7.42. The van der Waals surface area contributed by atoms with Crippen molar-refractivity contribution in [3.63, 3.8) is 0 Å². The van der Waals surface area contributed by atoms with E-state index < -0.39 is 0 Å². The Hall–Kier alpha value is -0.0600. The fourth-order valence-corrected chi connectivity index (χ4v) is 2.89. The third-order valence-electron chi connectivity index (χ3n) is 2.54. The van der Waals surface area contributed by atoms with Gasteiger partial charge >= 0.3 is 0 Å². The van der Waals surface area contributed by atoms with Crippen molar-refractivity contribution in [3.05, 3.63) is 22.3 Å². The van der Waals surface area contributed by atoms with Crippen molar-refractivity contribution in [3.8, 4) is 0 Å². The smallest absolute Gasteiger partial charge is 0.0990 e. The lowest BCUT2D eigenvalue weighted by molar-refractivity contribution is 0.324. The van der Waals surface area contributed by atoms with Gasteiger partial charge in [0.15, 0.2) is 0 Å². The molecule has 0 radical (unpaired) electrons. The second-order valence-electron chi connectivity index (χ2n) is 3.65. The average Bonchev–Trinajstić information content (AvgIpc) is 2.27. The molecule has 0 unspecified atom stereocenters. The molecule has 0 aliphatic rings. The lowest BCUT2D eigenvalue weighted by Gasteiger charge is -2.17. The highest BCUT2D eigenvalue weighted by molar-refractivity contribution is 9.10. The van der Waals surface area contributed by atoms with Gasteiger partial charge in [0.2, 0.25) is 0 Å². The lowest BCUT2D eigenvalue weighted by Crippen LogP contribution is -2.25. The molecule has 1 aromatic rings. The van der Waals surface area contributed by atoms with Crippen molar-refractivity contribution in [2.75, 3.05) is 25.4 Å². The van der Waals surface area contributed by atoms with E-state index in [1.54, 1.807) is 0 Å². The predicted octanol–water partition coefficient (Wildman–Crippen LogP) is 3.59. The van der Waals surface area contributed by atoms with Gasteiger partial charge in [-0.3, -0.25) is 0 Å². The molecule has 4 heteroatoms. The first-order valence-electron chi connectivity index (χ1n) is 5.64. The van der Waals surface area contributed by atoms with Crippen molar-refractivity contribution in [1.82, 2.24) is 9.88 Å². The zero-order valence-corrected chi connectivity index (χ0v) is 12.6. The SMILES string of the molecule is CCN(CC)CCSc1ncc(Br)cc1C. The van der Waals surface area contributed by atoms with Gasteiger partial charge in [-0.15, -0.1) is 11.8 Å². The van der Waals surface area contributed by atoms with Crippen LogP contribution in [0.1, 0.15) is 19.4 Å². The first-order chi connectivity index (χ1) is 7.67. The second-order valence-corrected chi connectivity index (χ2v) is 5.65. The number of halogens is 1. The molecule has 0 saturated heterocycles. The quantitative estimate of drug-likeness (QED) is 0.747. The number of hydrogen-bond donors (Lipinski definition) is 0. The molecule has 0 atom stereocenters. The Morgan fingerprint density at radius 2 is 2.06 bits per heavy atom. The fourth-order valence-electron chi connectivity index (χ4n) is 1.49. The summed E-state index contributed by atoms with van der Waals surface area (Å²) in [7, 11) is 0. The third-order valence-corrected chi connectivity index (χ3v) is 4.06. The molecule has 0 amide bonds. The van der Waals surface area contributed by atoms with Crippen LogP contribution >= 0.6 is 27.7 Å². The van der Waals surface area contributed by atoms with E-state index in [1.165, 1.54) is 5.56 Å². The van der Waals surface area contributed by atoms with Gasteiger partial charge in [-0.1, -0.05) is 13.8 Å². The van der Waals surface area contributed by atoms with Gasteiger partial charge in [0.1, 0.15) is 0 Å². The van der Waals surface area contributed by atoms with E-state index in [2.05, 4.69) is 52.7 Å². The minimum atomic E-state index is 1.05. The Morgan fingerprint density at radius 3 is 2.62 bits per heavy atom. The number of thioether (sulfide) groups is 1. The molecule has 90 valence electrons. The zero-order chi connectivity index (χ0) is 12.0. The maximum atomic E-state index is 4.42. The maximum Gasteiger partial charge on any atom is 0.0990 e. The highest BCUT2D eigenvalue weighted by Crippen LogP contribution is 2.22. The first kappa shape index (κ1) is 14.0. The summed E-state index contributed by atoms with van der Waals surface area (Å²) in [5, 5.41) is 1.15. The highest BCUT2D eigenvalue weighted by Gasteiger charge is 2.03. The molecular formula is C12H19BrN2S. The molecule has 0 spiro atoms. The van der Waals surface area contributed by atoms with Crippen LogP contribution in [-0.4, -0.2) is 35.3 Å². The van der Waals surface area contributed by atoms with Crippen LogP contribution in [0.3, 0.4) is 0 Å². The van der Waals surface area contributed by atoms with Crippen LogP contribution in [0.4, 0.5) is 0 Å². The van der Waals surface area contributed by atoms with Gasteiger partial charge in [-0.05, 0) is 47.6 Å². The van der Waals surface area contributed by atoms with Crippen molar-refractivity contribution in [2.45, 2.75) is 25.8 Å². The van der Waals surface area contributed by atoms with Gasteiger partial charge in [-0.2, -0.15) is 0 Å². The van der Waals surface area contributed by atoms with Crippen molar-refractivity contribution in [2.24, 2.45) is 0 Å². The van der Waals surface area contributed by atoms with Gasteiger partial charge in [0.05, 0.1) is 5.03 Å². The normalized spacial score (nSPS) is 11.1. The maximum absolute atomic E-state index is 4.42. The molecule has 0 aliphatic heterocycles. The molecule has 0 aliphatic carbocycles. The Labute approximate surface area is 111 Å². The number of nitrogens with zero attached hydrogens (tertiary/aromatic N) is 2. The molecule has 0 fully saturated rings. The van der Waals surface area contributed by atoms with Crippen LogP contribution in [0.5, 0.6) is 0 Å². The molecular weight excluding hydrogens is 284 g/mol. The van der Waals surface area contributed by atoms with Crippen LogP contribution in [0.15, 0.2) is 21.8 Å². The van der Waals surface area contributed by atoms with E-state index in [-0.39, 0.29) is 0 Å². The lowest BCUT2D eigenvalue weighted by atomic mass is 10.3. The molecule has 0 N–H and O–H groups in total. The second kappa shape index (κ2) is 7.30. The van der Waals surface area contributed by atoms with Crippen LogP contribution in [0.2, 0.25) is 0 Å². The van der Waals surface area contributed by atoms with E-state index in [9.17, 15) is 0 Å². The number of aryl methyl sites for hydroxylation is 1. The number of aromatic nitrogens is 1. The zero-order valence-electron chi connectivity index (χ0n) is 10.2. The summed E-state index contributed by atoms with van der Waals surface area (Å²) >= 11 is 5.27. The van der Waals surface area contributed by atoms with Crippen LogP contribution in [0.25, 0.3) is 0 Å². The molecule has 0 saturated carbocycles.